The van der Waals surface area contributed by atoms with Crippen molar-refractivity contribution < 1.29 is 24.9 Å². The van der Waals surface area contributed by atoms with Crippen molar-refractivity contribution in [1.29, 1.82) is 0 Å². The number of hydrogen-bond donors (Lipinski definition) is 5. The minimum Gasteiger partial charge on any atom is -0.388 e. The van der Waals surface area contributed by atoms with E-state index in [4.69, 9.17) is 16.3 Å². The number of alkyl halides is 1. The van der Waals surface area contributed by atoms with Crippen LogP contribution in [0.2, 0.25) is 0 Å². The van der Waals surface area contributed by atoms with Crippen LogP contribution < -0.4 is 10.6 Å². The fraction of sp³-hybridized carbons (Fsp3) is 0.941. The van der Waals surface area contributed by atoms with E-state index < -0.39 is 41.9 Å². The molecule has 1 amide bonds. The van der Waals surface area contributed by atoms with Crippen molar-refractivity contribution >= 4 is 17.5 Å². The topological polar surface area (TPSA) is 111 Å². The molecule has 0 aromatic rings. The lowest BCUT2D eigenvalue weighted by Gasteiger charge is -2.43. The Morgan fingerprint density at radius 2 is 1.84 bits per heavy atom. The van der Waals surface area contributed by atoms with Gasteiger partial charge in [0.15, 0.2) is 0 Å². The number of amides is 1. The van der Waals surface area contributed by atoms with Crippen LogP contribution in [0.3, 0.4) is 0 Å². The summed E-state index contributed by atoms with van der Waals surface area (Å²) in [6.45, 7) is 6.27. The van der Waals surface area contributed by atoms with Crippen molar-refractivity contribution in [3.63, 3.8) is 0 Å². The van der Waals surface area contributed by atoms with E-state index in [1.165, 1.54) is 0 Å². The molecule has 9 atom stereocenters. The second kappa shape index (κ2) is 8.97. The zero-order valence-corrected chi connectivity index (χ0v) is 15.8. The first-order valence-corrected chi connectivity index (χ1v) is 9.53. The fourth-order valence-electron chi connectivity index (χ4n) is 3.53. The van der Waals surface area contributed by atoms with Crippen LogP contribution in [-0.2, 0) is 9.53 Å². The van der Waals surface area contributed by atoms with Crippen LogP contribution in [0.5, 0.6) is 0 Å². The van der Waals surface area contributed by atoms with E-state index in [0.29, 0.717) is 5.92 Å². The van der Waals surface area contributed by atoms with Gasteiger partial charge in [-0.25, -0.2) is 0 Å². The third-order valence-electron chi connectivity index (χ3n) is 5.34. The first-order chi connectivity index (χ1) is 11.7. The molecule has 2 aliphatic rings. The number of carbonyl (C=O) groups excluding carboxylic acids is 1. The van der Waals surface area contributed by atoms with Crippen molar-refractivity contribution in [2.45, 2.75) is 88.0 Å². The molecule has 0 saturated carbocycles. The fourth-order valence-corrected chi connectivity index (χ4v) is 3.73. The molecule has 7 nitrogen and oxygen atoms in total. The molecular weight excluding hydrogens is 348 g/mol. The van der Waals surface area contributed by atoms with Crippen LogP contribution in [0.15, 0.2) is 0 Å². The van der Waals surface area contributed by atoms with Crippen molar-refractivity contribution in [2.75, 3.05) is 6.54 Å². The summed E-state index contributed by atoms with van der Waals surface area (Å²) in [6, 6.07) is -0.993. The largest absolute Gasteiger partial charge is 0.388 e. The summed E-state index contributed by atoms with van der Waals surface area (Å²) in [4.78, 5) is 12.7. The lowest BCUT2D eigenvalue weighted by Crippen LogP contribution is -2.65. The summed E-state index contributed by atoms with van der Waals surface area (Å²) in [5.41, 5.74) is 0. The Hall–Kier alpha value is -0.440. The number of aliphatic hydroxyl groups is 3. The number of aliphatic hydroxyl groups excluding tert-OH is 3. The molecule has 0 aliphatic carbocycles. The Balaban J connectivity index is 2.06. The van der Waals surface area contributed by atoms with Crippen LogP contribution in [0.1, 0.15) is 40.0 Å². The zero-order valence-electron chi connectivity index (χ0n) is 15.1. The summed E-state index contributed by atoms with van der Waals surface area (Å²) in [6.07, 6.45) is -2.69. The van der Waals surface area contributed by atoms with Gasteiger partial charge in [0.1, 0.15) is 24.4 Å². The highest BCUT2D eigenvalue weighted by molar-refractivity contribution is 6.21. The molecule has 146 valence electrons. The molecule has 0 aromatic carbocycles. The Morgan fingerprint density at radius 3 is 2.48 bits per heavy atom. The molecule has 2 aliphatic heterocycles. The SMILES string of the molecule is CC(Cl)C(NC(=O)C1CC[C@H](C)CCN1)C1OC(C)C(O)C(O)C1O. The summed E-state index contributed by atoms with van der Waals surface area (Å²) in [5, 5.41) is 35.7. The van der Waals surface area contributed by atoms with Crippen LogP contribution in [-0.4, -0.2) is 75.8 Å². The standard InChI is InChI=1S/C17H31ClN2O5/c1-8-4-5-11(19-7-6-8)17(24)20-12(9(2)18)16-15(23)14(22)13(21)10(3)25-16/h8-16,19,21-23H,4-7H2,1-3H3,(H,20,24)/t8-,9?,10?,11?,12?,13?,14?,15?,16?/m0/s1. The number of nitrogens with one attached hydrogen (secondary N) is 2. The monoisotopic (exact) mass is 378 g/mol. The highest BCUT2D eigenvalue weighted by Crippen LogP contribution is 2.26. The maximum absolute atomic E-state index is 12.7. The molecule has 8 heteroatoms. The van der Waals surface area contributed by atoms with Gasteiger partial charge in [-0.05, 0) is 45.6 Å². The van der Waals surface area contributed by atoms with E-state index in [1.54, 1.807) is 13.8 Å². The molecule has 0 radical (unpaired) electrons. The van der Waals surface area contributed by atoms with Gasteiger partial charge in [-0.15, -0.1) is 11.6 Å². The van der Waals surface area contributed by atoms with Gasteiger partial charge < -0.3 is 30.7 Å². The highest BCUT2D eigenvalue weighted by Gasteiger charge is 2.46. The highest BCUT2D eigenvalue weighted by atomic mass is 35.5. The molecule has 0 bridgehead atoms. The third kappa shape index (κ3) is 5.05. The minimum atomic E-state index is -1.35. The van der Waals surface area contributed by atoms with Crippen LogP contribution >= 0.6 is 11.6 Å². The average Bonchev–Trinajstić information content (AvgIpc) is 2.78. The molecule has 2 rings (SSSR count). The molecule has 5 N–H and O–H groups in total. The number of hydrogen-bond acceptors (Lipinski definition) is 6. The van der Waals surface area contributed by atoms with Gasteiger partial charge in [-0.3, -0.25) is 4.79 Å². The predicted octanol–water partition coefficient (Wildman–Crippen LogP) is -0.253. The van der Waals surface area contributed by atoms with E-state index in [0.717, 1.165) is 25.8 Å². The summed E-state index contributed by atoms with van der Waals surface area (Å²) in [5.74, 6) is 0.393. The number of rotatable bonds is 4. The minimum absolute atomic E-state index is 0.185. The average molecular weight is 379 g/mol. The van der Waals surface area contributed by atoms with Gasteiger partial charge in [-0.2, -0.15) is 0 Å². The first-order valence-electron chi connectivity index (χ1n) is 9.09. The van der Waals surface area contributed by atoms with Crippen LogP contribution in [0.25, 0.3) is 0 Å². The van der Waals surface area contributed by atoms with Gasteiger partial charge in [0.25, 0.3) is 0 Å². The van der Waals surface area contributed by atoms with Gasteiger partial charge >= 0.3 is 0 Å². The van der Waals surface area contributed by atoms with Crippen molar-refractivity contribution in [2.24, 2.45) is 5.92 Å². The lowest BCUT2D eigenvalue weighted by atomic mass is 9.90. The Labute approximate surface area is 154 Å². The Kier molecular flexibility index (Phi) is 7.49. The number of halogens is 1. The lowest BCUT2D eigenvalue weighted by molar-refractivity contribution is -0.223. The van der Waals surface area contributed by atoms with E-state index in [1.807, 2.05) is 0 Å². The quantitative estimate of drug-likeness (QED) is 0.431. The zero-order chi connectivity index (χ0) is 18.7. The van der Waals surface area contributed by atoms with Crippen molar-refractivity contribution in [3.05, 3.63) is 0 Å². The van der Waals surface area contributed by atoms with Crippen LogP contribution in [0.4, 0.5) is 0 Å². The molecule has 2 fully saturated rings. The summed E-state index contributed by atoms with van der Waals surface area (Å²) < 4.78 is 5.66. The molecule has 0 aromatic heterocycles. The van der Waals surface area contributed by atoms with Crippen molar-refractivity contribution in [1.82, 2.24) is 10.6 Å². The van der Waals surface area contributed by atoms with E-state index >= 15 is 0 Å². The van der Waals surface area contributed by atoms with Crippen LogP contribution in [0, 0.1) is 5.92 Å². The summed E-state index contributed by atoms with van der Waals surface area (Å²) >= 11 is 6.24. The second-order valence-corrected chi connectivity index (χ2v) is 8.16. The molecular formula is C17H31ClN2O5. The molecule has 0 spiro atoms. The second-order valence-electron chi connectivity index (χ2n) is 7.47. The first kappa shape index (κ1) is 20.9. The smallest absolute Gasteiger partial charge is 0.237 e. The predicted molar refractivity (Wildman–Crippen MR) is 94.4 cm³/mol. The molecule has 2 saturated heterocycles. The van der Waals surface area contributed by atoms with E-state index in [-0.39, 0.29) is 11.9 Å². The van der Waals surface area contributed by atoms with Gasteiger partial charge in [0, 0.05) is 0 Å². The van der Waals surface area contributed by atoms with Crippen molar-refractivity contribution in [3.8, 4) is 0 Å². The molecule has 8 unspecified atom stereocenters. The molecule has 2 heterocycles. The Morgan fingerprint density at radius 1 is 1.16 bits per heavy atom. The van der Waals surface area contributed by atoms with E-state index in [9.17, 15) is 20.1 Å². The maximum atomic E-state index is 12.7. The molecule has 25 heavy (non-hydrogen) atoms. The van der Waals surface area contributed by atoms with E-state index in [2.05, 4.69) is 17.6 Å². The van der Waals surface area contributed by atoms with Gasteiger partial charge in [-0.1, -0.05) is 6.92 Å². The Bertz CT molecular complexity index is 453. The normalized spacial score (nSPS) is 42.3. The van der Waals surface area contributed by atoms with Gasteiger partial charge in [0.2, 0.25) is 5.91 Å². The summed E-state index contributed by atoms with van der Waals surface area (Å²) in [7, 11) is 0. The van der Waals surface area contributed by atoms with Gasteiger partial charge in [0.05, 0.1) is 23.6 Å². The maximum Gasteiger partial charge on any atom is 0.237 e. The number of ether oxygens (including phenoxy) is 1. The third-order valence-corrected chi connectivity index (χ3v) is 5.61. The number of carbonyl (C=O) groups is 1.